The van der Waals surface area contributed by atoms with E-state index in [0.717, 1.165) is 5.56 Å². The summed E-state index contributed by atoms with van der Waals surface area (Å²) in [6.07, 6.45) is 0.397. The lowest BCUT2D eigenvalue weighted by Crippen LogP contribution is -2.32. The standard InChI is InChI=1S/C18H18N2O/c1-14(12-13-19)17(15-8-4-2-5-9-15)20-18(21)16-10-6-3-7-11-16/h2-11,14,17H,12H2,1H3,(H,20,21)/t14-,17+/m0/s1. The molecule has 0 saturated heterocycles. The first-order valence-electron chi connectivity index (χ1n) is 7.00. The Balaban J connectivity index is 2.21. The minimum absolute atomic E-state index is 0.0464. The highest BCUT2D eigenvalue weighted by molar-refractivity contribution is 5.94. The van der Waals surface area contributed by atoms with E-state index in [1.54, 1.807) is 12.1 Å². The van der Waals surface area contributed by atoms with Gasteiger partial charge in [0, 0.05) is 12.0 Å². The van der Waals surface area contributed by atoms with Crippen LogP contribution in [0.2, 0.25) is 0 Å². The smallest absolute Gasteiger partial charge is 0.251 e. The van der Waals surface area contributed by atoms with Gasteiger partial charge in [-0.3, -0.25) is 4.79 Å². The van der Waals surface area contributed by atoms with E-state index in [1.807, 2.05) is 55.5 Å². The zero-order valence-corrected chi connectivity index (χ0v) is 12.0. The first-order valence-corrected chi connectivity index (χ1v) is 7.00. The largest absolute Gasteiger partial charge is 0.345 e. The molecule has 0 aromatic heterocycles. The van der Waals surface area contributed by atoms with Crippen molar-refractivity contribution in [2.24, 2.45) is 5.92 Å². The Kier molecular flexibility index (Phi) is 5.11. The molecule has 106 valence electrons. The van der Waals surface area contributed by atoms with Crippen LogP contribution in [0.5, 0.6) is 0 Å². The summed E-state index contributed by atoms with van der Waals surface area (Å²) in [4.78, 5) is 12.3. The molecular weight excluding hydrogens is 260 g/mol. The monoisotopic (exact) mass is 278 g/mol. The lowest BCUT2D eigenvalue weighted by atomic mass is 9.92. The highest BCUT2D eigenvalue weighted by atomic mass is 16.1. The summed E-state index contributed by atoms with van der Waals surface area (Å²) in [6.45, 7) is 1.98. The fraction of sp³-hybridized carbons (Fsp3) is 0.222. The zero-order valence-electron chi connectivity index (χ0n) is 12.0. The van der Waals surface area contributed by atoms with Crippen LogP contribution in [-0.2, 0) is 0 Å². The first kappa shape index (κ1) is 14.8. The van der Waals surface area contributed by atoms with Crippen LogP contribution < -0.4 is 5.32 Å². The SMILES string of the molecule is C[C@@H](CC#N)[C@@H](NC(=O)c1ccccc1)c1ccccc1. The van der Waals surface area contributed by atoms with E-state index < -0.39 is 0 Å². The second-order valence-electron chi connectivity index (χ2n) is 5.07. The van der Waals surface area contributed by atoms with Crippen molar-refractivity contribution in [3.63, 3.8) is 0 Å². The molecule has 2 atom stereocenters. The second-order valence-corrected chi connectivity index (χ2v) is 5.07. The number of rotatable bonds is 5. The summed E-state index contributed by atoms with van der Waals surface area (Å²) < 4.78 is 0. The van der Waals surface area contributed by atoms with E-state index in [9.17, 15) is 4.79 Å². The van der Waals surface area contributed by atoms with Crippen molar-refractivity contribution in [1.29, 1.82) is 5.26 Å². The van der Waals surface area contributed by atoms with E-state index in [-0.39, 0.29) is 17.9 Å². The van der Waals surface area contributed by atoms with Gasteiger partial charge in [-0.15, -0.1) is 0 Å². The summed E-state index contributed by atoms with van der Waals surface area (Å²) in [5, 5.41) is 12.0. The second kappa shape index (κ2) is 7.25. The molecule has 0 heterocycles. The van der Waals surface area contributed by atoms with Gasteiger partial charge in [-0.1, -0.05) is 55.5 Å². The summed E-state index contributed by atoms with van der Waals surface area (Å²) in [7, 11) is 0. The Hall–Kier alpha value is -2.60. The normalized spacial score (nSPS) is 13.0. The van der Waals surface area contributed by atoms with Crippen LogP contribution in [0.15, 0.2) is 60.7 Å². The predicted octanol–water partition coefficient (Wildman–Crippen LogP) is 3.71. The molecule has 0 fully saturated rings. The van der Waals surface area contributed by atoms with Crippen LogP contribution in [-0.4, -0.2) is 5.91 Å². The van der Waals surface area contributed by atoms with Gasteiger partial charge in [0.15, 0.2) is 0 Å². The minimum Gasteiger partial charge on any atom is -0.345 e. The molecule has 2 aromatic rings. The highest BCUT2D eigenvalue weighted by Crippen LogP contribution is 2.24. The average molecular weight is 278 g/mol. The van der Waals surface area contributed by atoms with Crippen molar-refractivity contribution in [1.82, 2.24) is 5.32 Å². The third-order valence-electron chi connectivity index (χ3n) is 3.46. The van der Waals surface area contributed by atoms with E-state index in [2.05, 4.69) is 11.4 Å². The van der Waals surface area contributed by atoms with Crippen molar-refractivity contribution < 1.29 is 4.79 Å². The third kappa shape index (κ3) is 3.93. The van der Waals surface area contributed by atoms with Gasteiger partial charge in [-0.2, -0.15) is 5.26 Å². The van der Waals surface area contributed by atoms with Crippen molar-refractivity contribution in [3.8, 4) is 6.07 Å². The summed E-state index contributed by atoms with van der Waals surface area (Å²) in [6, 6.07) is 20.9. The lowest BCUT2D eigenvalue weighted by Gasteiger charge is -2.24. The molecule has 2 aromatic carbocycles. The van der Waals surface area contributed by atoms with Gasteiger partial charge in [0.25, 0.3) is 5.91 Å². The number of carbonyl (C=O) groups excluding carboxylic acids is 1. The molecule has 0 unspecified atom stereocenters. The van der Waals surface area contributed by atoms with Crippen molar-refractivity contribution in [2.45, 2.75) is 19.4 Å². The summed E-state index contributed by atoms with van der Waals surface area (Å²) in [5.41, 5.74) is 1.65. The van der Waals surface area contributed by atoms with Crippen LogP contribution in [0.3, 0.4) is 0 Å². The number of hydrogen-bond donors (Lipinski definition) is 1. The molecule has 1 amide bonds. The van der Waals surface area contributed by atoms with Crippen molar-refractivity contribution in [2.75, 3.05) is 0 Å². The molecule has 0 saturated carbocycles. The number of nitrogens with zero attached hydrogens (tertiary/aromatic N) is 1. The maximum atomic E-state index is 12.3. The summed E-state index contributed by atoms with van der Waals surface area (Å²) >= 11 is 0. The molecule has 0 radical (unpaired) electrons. The van der Waals surface area contributed by atoms with Crippen LogP contribution >= 0.6 is 0 Å². The third-order valence-corrected chi connectivity index (χ3v) is 3.46. The molecular formula is C18H18N2O. The Morgan fingerprint density at radius 1 is 1.10 bits per heavy atom. The van der Waals surface area contributed by atoms with Crippen LogP contribution in [0.4, 0.5) is 0 Å². The van der Waals surface area contributed by atoms with Crippen LogP contribution in [0, 0.1) is 17.2 Å². The molecule has 3 nitrogen and oxygen atoms in total. The predicted molar refractivity (Wildman–Crippen MR) is 82.5 cm³/mol. The zero-order chi connectivity index (χ0) is 15.1. The molecule has 0 bridgehead atoms. The molecule has 1 N–H and O–H groups in total. The fourth-order valence-electron chi connectivity index (χ4n) is 2.29. The maximum absolute atomic E-state index is 12.3. The van der Waals surface area contributed by atoms with E-state index in [4.69, 9.17) is 5.26 Å². The quantitative estimate of drug-likeness (QED) is 0.906. The molecule has 3 heteroatoms. The fourth-order valence-corrected chi connectivity index (χ4v) is 2.29. The van der Waals surface area contributed by atoms with Crippen molar-refractivity contribution in [3.05, 3.63) is 71.8 Å². The van der Waals surface area contributed by atoms with E-state index >= 15 is 0 Å². The van der Waals surface area contributed by atoms with Gasteiger partial charge in [0.2, 0.25) is 0 Å². The number of nitrogens with one attached hydrogen (secondary N) is 1. The molecule has 0 aliphatic carbocycles. The van der Waals surface area contributed by atoms with Gasteiger partial charge < -0.3 is 5.32 Å². The minimum atomic E-state index is -0.168. The molecule has 0 aliphatic heterocycles. The Morgan fingerprint density at radius 2 is 1.67 bits per heavy atom. The lowest BCUT2D eigenvalue weighted by molar-refractivity contribution is 0.0924. The number of hydrogen-bond acceptors (Lipinski definition) is 2. The van der Waals surface area contributed by atoms with Gasteiger partial charge in [-0.05, 0) is 23.6 Å². The molecule has 2 rings (SSSR count). The van der Waals surface area contributed by atoms with Crippen LogP contribution in [0.25, 0.3) is 0 Å². The summed E-state index contributed by atoms with van der Waals surface area (Å²) in [5.74, 6) is -0.0701. The number of benzene rings is 2. The number of carbonyl (C=O) groups is 1. The number of amides is 1. The Bertz CT molecular complexity index is 617. The molecule has 21 heavy (non-hydrogen) atoms. The van der Waals surface area contributed by atoms with Crippen LogP contribution in [0.1, 0.15) is 35.3 Å². The van der Waals surface area contributed by atoms with Gasteiger partial charge in [-0.25, -0.2) is 0 Å². The molecule has 0 spiro atoms. The van der Waals surface area contributed by atoms with Gasteiger partial charge in [0.1, 0.15) is 0 Å². The van der Waals surface area contributed by atoms with Gasteiger partial charge in [0.05, 0.1) is 12.1 Å². The van der Waals surface area contributed by atoms with E-state index in [0.29, 0.717) is 12.0 Å². The average Bonchev–Trinajstić information content (AvgIpc) is 2.54. The first-order chi connectivity index (χ1) is 10.2. The van der Waals surface area contributed by atoms with Gasteiger partial charge >= 0.3 is 0 Å². The Labute approximate surface area is 125 Å². The highest BCUT2D eigenvalue weighted by Gasteiger charge is 2.21. The van der Waals surface area contributed by atoms with E-state index in [1.165, 1.54) is 0 Å². The topological polar surface area (TPSA) is 52.9 Å². The molecule has 0 aliphatic rings. The number of nitriles is 1. The Morgan fingerprint density at radius 3 is 2.24 bits per heavy atom. The van der Waals surface area contributed by atoms with Crippen molar-refractivity contribution >= 4 is 5.91 Å². The maximum Gasteiger partial charge on any atom is 0.251 e.